The van der Waals surface area contributed by atoms with Gasteiger partial charge in [-0.05, 0) is 5.56 Å². The number of rotatable bonds is 2. The molecule has 0 radical (unpaired) electrons. The van der Waals surface area contributed by atoms with Crippen LogP contribution < -0.4 is 4.57 Å². The Balaban J connectivity index is 0.000000246. The molecule has 1 aromatic carbocycles. The van der Waals surface area contributed by atoms with Crippen LogP contribution in [0.5, 0.6) is 0 Å². The van der Waals surface area contributed by atoms with Crippen molar-refractivity contribution in [3.63, 3.8) is 0 Å². The Morgan fingerprint density at radius 1 is 1.00 bits per heavy atom. The third kappa shape index (κ3) is 9.38. The van der Waals surface area contributed by atoms with E-state index in [-0.39, 0.29) is 0 Å². The summed E-state index contributed by atoms with van der Waals surface area (Å²) in [7, 11) is -8.61. The number of aromatic nitrogens is 2. The Labute approximate surface area is 111 Å². The maximum absolute atomic E-state index is 10.7. The van der Waals surface area contributed by atoms with Crippen molar-refractivity contribution >= 4 is 7.81 Å². The standard InChI is InChI=1S/C11H12N2.F6P/c1-13-8-7-12-11(13)9-10-5-3-2-4-6-10;1-7(2,3,4,5)6/h2-8H,9H2,1H3;/q;-1/p+1. The van der Waals surface area contributed by atoms with Crippen molar-refractivity contribution in [3.8, 4) is 0 Å². The van der Waals surface area contributed by atoms with Crippen molar-refractivity contribution in [2.24, 2.45) is 7.05 Å². The summed E-state index contributed by atoms with van der Waals surface area (Å²) in [5.74, 6) is 1.23. The fourth-order valence-electron chi connectivity index (χ4n) is 1.40. The summed E-state index contributed by atoms with van der Waals surface area (Å²) in [4.78, 5) is 3.22. The van der Waals surface area contributed by atoms with Crippen LogP contribution in [0.15, 0.2) is 42.7 Å². The van der Waals surface area contributed by atoms with Crippen LogP contribution in [0, 0.1) is 0 Å². The molecule has 114 valence electrons. The maximum atomic E-state index is 9.87. The van der Waals surface area contributed by atoms with Crippen LogP contribution in [0.25, 0.3) is 0 Å². The molecule has 0 bridgehead atoms. The fraction of sp³-hybridized carbons (Fsp3) is 0.182. The average Bonchev–Trinajstić information content (AvgIpc) is 2.61. The van der Waals surface area contributed by atoms with E-state index in [9.17, 15) is 25.2 Å². The summed E-state index contributed by atoms with van der Waals surface area (Å²) in [6.45, 7) is 0. The van der Waals surface area contributed by atoms with Crippen LogP contribution in [0.3, 0.4) is 0 Å². The second-order valence-electron chi connectivity index (χ2n) is 4.14. The topological polar surface area (TPSA) is 19.7 Å². The number of imidazole rings is 1. The number of H-pyrrole nitrogens is 1. The molecule has 2 nitrogen and oxygen atoms in total. The number of aryl methyl sites for hydroxylation is 1. The van der Waals surface area contributed by atoms with Crippen LogP contribution >= 0.6 is 7.81 Å². The van der Waals surface area contributed by atoms with Gasteiger partial charge in [0, 0.05) is 0 Å². The third-order valence-electron chi connectivity index (χ3n) is 2.19. The van der Waals surface area contributed by atoms with Crippen LogP contribution in [-0.2, 0) is 13.5 Å². The molecular weight excluding hydrogens is 305 g/mol. The normalized spacial score (nSPS) is 14.8. The summed E-state index contributed by atoms with van der Waals surface area (Å²) in [6.07, 6.45) is 4.95. The number of hydrogen-bond donors (Lipinski definition) is 1. The SMILES string of the molecule is C[n+]1cc[nH]c1Cc1ccccc1.F[P-](F)(F)(F)(F)F. The number of halogens is 6. The Hall–Kier alpha value is -1.56. The summed E-state index contributed by atoms with van der Waals surface area (Å²) in [5.41, 5.74) is 1.33. The molecule has 20 heavy (non-hydrogen) atoms. The van der Waals surface area contributed by atoms with E-state index >= 15 is 0 Å². The predicted octanol–water partition coefficient (Wildman–Crippen LogP) is 4.81. The Bertz CT molecular complexity index is 549. The van der Waals surface area contributed by atoms with E-state index in [4.69, 9.17) is 0 Å². The molecule has 0 saturated heterocycles. The summed E-state index contributed by atoms with van der Waals surface area (Å²) < 4.78 is 61.3. The van der Waals surface area contributed by atoms with Gasteiger partial charge in [-0.25, -0.2) is 9.55 Å². The summed E-state index contributed by atoms with van der Waals surface area (Å²) in [5, 5.41) is 0. The first-order valence-corrected chi connectivity index (χ1v) is 7.46. The van der Waals surface area contributed by atoms with Gasteiger partial charge in [-0.2, -0.15) is 0 Å². The van der Waals surface area contributed by atoms with Gasteiger partial charge in [0.2, 0.25) is 0 Å². The molecule has 0 saturated carbocycles. The van der Waals surface area contributed by atoms with E-state index < -0.39 is 7.81 Å². The molecule has 1 heterocycles. The van der Waals surface area contributed by atoms with E-state index in [2.05, 4.69) is 40.9 Å². The zero-order chi connectivity index (χ0) is 15.5. The van der Waals surface area contributed by atoms with Gasteiger partial charge in [-0.1, -0.05) is 30.3 Å². The molecule has 2 rings (SSSR count). The van der Waals surface area contributed by atoms with Crippen molar-refractivity contribution in [1.29, 1.82) is 0 Å². The van der Waals surface area contributed by atoms with Gasteiger partial charge in [-0.3, -0.25) is 0 Å². The molecule has 0 aliphatic rings. The molecule has 1 aromatic heterocycles. The quantitative estimate of drug-likeness (QED) is 0.466. The number of nitrogens with one attached hydrogen (secondary N) is 1. The van der Waals surface area contributed by atoms with Gasteiger partial charge in [0.15, 0.2) is 0 Å². The number of benzene rings is 1. The number of aromatic amines is 1. The van der Waals surface area contributed by atoms with Crippen LogP contribution in [-0.4, -0.2) is 4.98 Å². The molecule has 0 atom stereocenters. The van der Waals surface area contributed by atoms with E-state index in [1.54, 1.807) is 0 Å². The van der Waals surface area contributed by atoms with E-state index in [1.807, 2.05) is 18.5 Å². The van der Waals surface area contributed by atoms with Crippen molar-refractivity contribution in [1.82, 2.24) is 4.98 Å². The monoisotopic (exact) mass is 318 g/mol. The molecular formula is C11H13F6N2P. The Morgan fingerprint density at radius 2 is 1.50 bits per heavy atom. The van der Waals surface area contributed by atoms with Crippen molar-refractivity contribution in [2.45, 2.75) is 6.42 Å². The van der Waals surface area contributed by atoms with E-state index in [0.29, 0.717) is 0 Å². The molecule has 0 aliphatic heterocycles. The predicted molar refractivity (Wildman–Crippen MR) is 64.8 cm³/mol. The van der Waals surface area contributed by atoms with Gasteiger partial charge in [0.05, 0.1) is 13.5 Å². The Morgan fingerprint density at radius 3 is 1.90 bits per heavy atom. The molecule has 0 fully saturated rings. The average molecular weight is 318 g/mol. The first kappa shape index (κ1) is 16.5. The molecule has 0 aliphatic carbocycles. The molecule has 0 amide bonds. The number of nitrogens with zero attached hydrogens (tertiary/aromatic N) is 1. The molecule has 9 heteroatoms. The second kappa shape index (κ2) is 4.77. The van der Waals surface area contributed by atoms with E-state index in [1.165, 1.54) is 11.4 Å². The summed E-state index contributed by atoms with van der Waals surface area (Å²) >= 11 is 0. The van der Waals surface area contributed by atoms with Crippen molar-refractivity contribution < 1.29 is 29.7 Å². The zero-order valence-corrected chi connectivity index (χ0v) is 11.3. The van der Waals surface area contributed by atoms with Crippen LogP contribution in [0.1, 0.15) is 11.4 Å². The minimum absolute atomic E-state index is 0.963. The first-order valence-electron chi connectivity index (χ1n) is 5.43. The van der Waals surface area contributed by atoms with Gasteiger partial charge < -0.3 is 0 Å². The second-order valence-corrected chi connectivity index (χ2v) is 6.05. The Kier molecular flexibility index (Phi) is 3.93. The third-order valence-corrected chi connectivity index (χ3v) is 2.19. The van der Waals surface area contributed by atoms with Gasteiger partial charge in [0.1, 0.15) is 12.4 Å². The zero-order valence-electron chi connectivity index (χ0n) is 10.4. The molecule has 0 unspecified atom stereocenters. The molecule has 0 spiro atoms. The van der Waals surface area contributed by atoms with Crippen LogP contribution in [0.4, 0.5) is 25.2 Å². The van der Waals surface area contributed by atoms with Crippen LogP contribution in [0.2, 0.25) is 0 Å². The van der Waals surface area contributed by atoms with Gasteiger partial charge in [0.25, 0.3) is 5.82 Å². The van der Waals surface area contributed by atoms with E-state index in [0.717, 1.165) is 6.42 Å². The number of hydrogen-bond acceptors (Lipinski definition) is 0. The fourth-order valence-corrected chi connectivity index (χ4v) is 1.40. The van der Waals surface area contributed by atoms with Crippen molar-refractivity contribution in [3.05, 3.63) is 54.1 Å². The van der Waals surface area contributed by atoms with Gasteiger partial charge in [-0.15, -0.1) is 0 Å². The van der Waals surface area contributed by atoms with Gasteiger partial charge >= 0.3 is 33.0 Å². The molecule has 2 aromatic rings. The molecule has 1 N–H and O–H groups in total. The minimum atomic E-state index is -10.7. The first-order chi connectivity index (χ1) is 8.81. The van der Waals surface area contributed by atoms with Crippen molar-refractivity contribution in [2.75, 3.05) is 0 Å². The summed E-state index contributed by atoms with van der Waals surface area (Å²) in [6, 6.07) is 10.5.